The molecule has 42 heavy (non-hydrogen) atoms. The highest BCUT2D eigenvalue weighted by Crippen LogP contribution is 2.74. The summed E-state index contributed by atoms with van der Waals surface area (Å²) in [5.41, 5.74) is -3.68. The Morgan fingerprint density at radius 1 is 0.976 bits per heavy atom. The van der Waals surface area contributed by atoms with Crippen LogP contribution in [0.25, 0.3) is 0 Å². The Kier molecular flexibility index (Phi) is 6.15. The van der Waals surface area contributed by atoms with Gasteiger partial charge in [0.2, 0.25) is 0 Å². The average Bonchev–Trinajstić information content (AvgIpc) is 3.80. The fourth-order valence-electron chi connectivity index (χ4n) is 11.1. The predicted molar refractivity (Wildman–Crippen MR) is 145 cm³/mol. The van der Waals surface area contributed by atoms with Gasteiger partial charge in [0.1, 0.15) is 36.1 Å². The van der Waals surface area contributed by atoms with Crippen molar-refractivity contribution in [1.29, 1.82) is 0 Å². The normalized spacial score (nSPS) is 57.7. The SMILES string of the molecule is CC(=O)OC1CC2C(C3OC3C3(O)CC4OC4C(OC(C)=O)C23C)C2CCC(C(C)C3CC(C)(O)C(C)C(=O)O3)C12C. The monoisotopic (exact) mass is 590 g/mol. The first kappa shape index (κ1) is 29.0. The van der Waals surface area contributed by atoms with Gasteiger partial charge >= 0.3 is 17.9 Å². The van der Waals surface area contributed by atoms with Gasteiger partial charge in [0.25, 0.3) is 0 Å². The number of fused-ring (bicyclic) bond motifs is 9. The highest BCUT2D eigenvalue weighted by atomic mass is 16.6. The largest absolute Gasteiger partial charge is 0.462 e. The van der Waals surface area contributed by atoms with Gasteiger partial charge in [0.15, 0.2) is 0 Å². The first-order valence-electron chi connectivity index (χ1n) is 15.9. The van der Waals surface area contributed by atoms with Gasteiger partial charge in [0, 0.05) is 37.5 Å². The standard InChI is InChI=1S/C32H46O10/c1-13(20-11-29(5,36)14(2)28(35)41-20)17-8-9-18-23-19(10-22(30(17,18)6)38-15(3)33)31(7)26(39-16(4)34)24-21(40-24)12-32(31,37)27-25(23)42-27/h13-14,17-27,36-37H,8-12H2,1-7H3. The third-order valence-corrected chi connectivity index (χ3v) is 13.6. The summed E-state index contributed by atoms with van der Waals surface area (Å²) in [4.78, 5) is 37.7. The number of carbonyl (C=O) groups excluding carboxylic acids is 3. The summed E-state index contributed by atoms with van der Waals surface area (Å²) in [6.07, 6.45) is 0.563. The minimum atomic E-state index is -1.23. The van der Waals surface area contributed by atoms with Crippen LogP contribution in [0.3, 0.4) is 0 Å². The van der Waals surface area contributed by atoms with E-state index in [0.717, 1.165) is 12.8 Å². The van der Waals surface area contributed by atoms with Crippen LogP contribution in [0.4, 0.5) is 0 Å². The van der Waals surface area contributed by atoms with Crippen LogP contribution in [0.1, 0.15) is 80.6 Å². The lowest BCUT2D eigenvalue weighted by molar-refractivity contribution is -0.250. The van der Waals surface area contributed by atoms with Crippen molar-refractivity contribution in [3.05, 3.63) is 0 Å². The molecule has 2 N–H and O–H groups in total. The van der Waals surface area contributed by atoms with E-state index < -0.39 is 52.2 Å². The average molecular weight is 591 g/mol. The molecule has 0 radical (unpaired) electrons. The third-order valence-electron chi connectivity index (χ3n) is 13.6. The number of epoxide rings is 2. The van der Waals surface area contributed by atoms with E-state index in [1.165, 1.54) is 13.8 Å². The second-order valence-corrected chi connectivity index (χ2v) is 15.4. The first-order chi connectivity index (χ1) is 19.6. The van der Waals surface area contributed by atoms with Gasteiger partial charge in [-0.05, 0) is 62.7 Å². The summed E-state index contributed by atoms with van der Waals surface area (Å²) in [5.74, 6) is -1.72. The van der Waals surface area contributed by atoms with Gasteiger partial charge in [-0.15, -0.1) is 0 Å². The number of ether oxygens (including phenoxy) is 5. The molecular formula is C32H46O10. The number of esters is 3. The Bertz CT molecular complexity index is 1200. The molecular weight excluding hydrogens is 544 g/mol. The summed E-state index contributed by atoms with van der Waals surface area (Å²) in [7, 11) is 0. The van der Waals surface area contributed by atoms with Crippen LogP contribution < -0.4 is 0 Å². The molecule has 10 nitrogen and oxygen atoms in total. The molecule has 0 spiro atoms. The fraction of sp³-hybridized carbons (Fsp3) is 0.906. The van der Waals surface area contributed by atoms with E-state index in [4.69, 9.17) is 23.7 Å². The van der Waals surface area contributed by atoms with Crippen LogP contribution >= 0.6 is 0 Å². The molecule has 7 fully saturated rings. The Morgan fingerprint density at radius 2 is 1.67 bits per heavy atom. The second-order valence-electron chi connectivity index (χ2n) is 15.4. The van der Waals surface area contributed by atoms with Crippen molar-refractivity contribution in [3.63, 3.8) is 0 Å². The Hall–Kier alpha value is -1.75. The van der Waals surface area contributed by atoms with Gasteiger partial charge < -0.3 is 33.9 Å². The maximum Gasteiger partial charge on any atom is 0.311 e. The van der Waals surface area contributed by atoms with E-state index in [0.29, 0.717) is 19.3 Å². The maximum absolute atomic E-state index is 12.7. The van der Waals surface area contributed by atoms with Gasteiger partial charge in [-0.25, -0.2) is 0 Å². The van der Waals surface area contributed by atoms with Gasteiger partial charge in [-0.3, -0.25) is 14.4 Å². The third kappa shape index (κ3) is 3.67. The molecule has 3 heterocycles. The number of aliphatic hydroxyl groups is 2. The smallest absolute Gasteiger partial charge is 0.311 e. The molecule has 7 rings (SSSR count). The molecule has 0 aromatic rings. The van der Waals surface area contributed by atoms with Crippen LogP contribution in [0.2, 0.25) is 0 Å². The molecule has 0 amide bonds. The lowest BCUT2D eigenvalue weighted by atomic mass is 9.41. The quantitative estimate of drug-likeness (QED) is 0.285. The number of hydrogen-bond donors (Lipinski definition) is 2. The molecule has 3 aliphatic heterocycles. The summed E-state index contributed by atoms with van der Waals surface area (Å²) in [6.45, 7) is 12.6. The molecule has 7 aliphatic rings. The lowest BCUT2D eigenvalue weighted by Crippen LogP contribution is -2.72. The molecule has 0 bridgehead atoms. The molecule has 4 saturated carbocycles. The van der Waals surface area contributed by atoms with Crippen molar-refractivity contribution in [2.24, 2.45) is 46.3 Å². The van der Waals surface area contributed by atoms with E-state index >= 15 is 0 Å². The number of rotatable bonds is 4. The topological polar surface area (TPSA) is 144 Å². The molecule has 4 aliphatic carbocycles. The zero-order chi connectivity index (χ0) is 30.3. The van der Waals surface area contributed by atoms with Crippen molar-refractivity contribution in [2.45, 2.75) is 135 Å². The highest BCUT2D eigenvalue weighted by Gasteiger charge is 2.83. The van der Waals surface area contributed by atoms with Crippen molar-refractivity contribution in [1.82, 2.24) is 0 Å². The zero-order valence-corrected chi connectivity index (χ0v) is 25.7. The number of carbonyl (C=O) groups is 3. The highest BCUT2D eigenvalue weighted by molar-refractivity contribution is 5.74. The van der Waals surface area contributed by atoms with Crippen LogP contribution in [-0.4, -0.2) is 82.1 Å². The Morgan fingerprint density at radius 3 is 2.31 bits per heavy atom. The molecule has 0 aromatic carbocycles. The molecule has 10 heteroatoms. The van der Waals surface area contributed by atoms with E-state index in [-0.39, 0.29) is 65.9 Å². The van der Waals surface area contributed by atoms with Gasteiger partial charge in [0.05, 0.1) is 23.7 Å². The zero-order valence-electron chi connectivity index (χ0n) is 25.7. The summed E-state index contributed by atoms with van der Waals surface area (Å²) in [5, 5.41) is 23.4. The van der Waals surface area contributed by atoms with Crippen LogP contribution in [-0.2, 0) is 38.1 Å². The van der Waals surface area contributed by atoms with Crippen LogP contribution in [0.5, 0.6) is 0 Å². The molecule has 3 saturated heterocycles. The Labute approximate surface area is 247 Å². The number of cyclic esters (lactones) is 1. The van der Waals surface area contributed by atoms with E-state index in [1.807, 2.05) is 6.92 Å². The first-order valence-corrected chi connectivity index (χ1v) is 15.9. The molecule has 234 valence electrons. The van der Waals surface area contributed by atoms with Crippen molar-refractivity contribution < 1.29 is 48.3 Å². The van der Waals surface area contributed by atoms with E-state index in [1.54, 1.807) is 13.8 Å². The molecule has 17 unspecified atom stereocenters. The van der Waals surface area contributed by atoms with Crippen molar-refractivity contribution >= 4 is 17.9 Å². The summed E-state index contributed by atoms with van der Waals surface area (Å²) in [6, 6.07) is 0. The lowest BCUT2D eigenvalue weighted by Gasteiger charge is -2.64. The predicted octanol–water partition coefficient (Wildman–Crippen LogP) is 2.55. The van der Waals surface area contributed by atoms with E-state index in [2.05, 4.69) is 13.8 Å². The molecule has 0 aromatic heterocycles. The molecule has 17 atom stereocenters. The van der Waals surface area contributed by atoms with Crippen LogP contribution in [0.15, 0.2) is 0 Å². The fourth-order valence-corrected chi connectivity index (χ4v) is 11.1. The minimum absolute atomic E-state index is 0.0624. The summed E-state index contributed by atoms with van der Waals surface area (Å²) < 4.78 is 30.5. The second kappa shape index (κ2) is 8.92. The minimum Gasteiger partial charge on any atom is -0.462 e. The van der Waals surface area contributed by atoms with Gasteiger partial charge in [-0.2, -0.15) is 0 Å². The van der Waals surface area contributed by atoms with Gasteiger partial charge in [-0.1, -0.05) is 20.8 Å². The van der Waals surface area contributed by atoms with Crippen LogP contribution in [0, 0.1) is 46.3 Å². The number of hydrogen-bond acceptors (Lipinski definition) is 10. The maximum atomic E-state index is 12.7. The van der Waals surface area contributed by atoms with Crippen molar-refractivity contribution in [2.75, 3.05) is 0 Å². The Balaban J connectivity index is 1.27. The van der Waals surface area contributed by atoms with E-state index in [9.17, 15) is 24.6 Å². The van der Waals surface area contributed by atoms with Crippen molar-refractivity contribution in [3.8, 4) is 0 Å². The summed E-state index contributed by atoms with van der Waals surface area (Å²) >= 11 is 0.